The van der Waals surface area contributed by atoms with Gasteiger partial charge in [-0.2, -0.15) is 0 Å². The fraction of sp³-hybridized carbons (Fsp3) is 0.800. The van der Waals surface area contributed by atoms with Crippen LogP contribution >= 0.6 is 0 Å². The summed E-state index contributed by atoms with van der Waals surface area (Å²) in [7, 11) is 1.00. The van der Waals surface area contributed by atoms with E-state index in [-0.39, 0.29) is 0 Å². The Labute approximate surface area is 95.6 Å². The molecule has 6 heteroatoms. The number of aliphatic carboxylic acids is 1. The number of amides is 1. The SMILES string of the molecule is CC(C)(C)OC(=O)NC(C)(C)C(=O)O.CO. The molecular weight excluding hydrogens is 214 g/mol. The predicted octanol–water partition coefficient (Wildman–Crippen LogP) is 0.983. The van der Waals surface area contributed by atoms with Gasteiger partial charge in [-0.1, -0.05) is 0 Å². The van der Waals surface area contributed by atoms with Crippen LogP contribution in [0.2, 0.25) is 0 Å². The Bertz CT molecular complexity index is 242. The van der Waals surface area contributed by atoms with Crippen LogP contribution < -0.4 is 5.32 Å². The highest BCUT2D eigenvalue weighted by atomic mass is 16.6. The predicted molar refractivity (Wildman–Crippen MR) is 59.2 cm³/mol. The molecule has 0 radical (unpaired) electrons. The Kier molecular flexibility index (Phi) is 6.76. The third kappa shape index (κ3) is 8.05. The van der Waals surface area contributed by atoms with Crippen LogP contribution in [0.15, 0.2) is 0 Å². The smallest absolute Gasteiger partial charge is 0.408 e. The van der Waals surface area contributed by atoms with Gasteiger partial charge in [-0.15, -0.1) is 0 Å². The van der Waals surface area contributed by atoms with Crippen LogP contribution in [0.25, 0.3) is 0 Å². The molecule has 3 N–H and O–H groups in total. The Balaban J connectivity index is 0. The molecule has 16 heavy (non-hydrogen) atoms. The molecule has 0 spiro atoms. The minimum atomic E-state index is -1.32. The Morgan fingerprint density at radius 1 is 1.06 bits per heavy atom. The van der Waals surface area contributed by atoms with Gasteiger partial charge in [-0.25, -0.2) is 9.59 Å². The second kappa shape index (κ2) is 6.32. The molecule has 0 aliphatic carbocycles. The summed E-state index contributed by atoms with van der Waals surface area (Å²) in [6.45, 7) is 7.90. The van der Waals surface area contributed by atoms with Crippen molar-refractivity contribution in [2.24, 2.45) is 0 Å². The largest absolute Gasteiger partial charge is 0.480 e. The normalized spacial score (nSPS) is 10.9. The van der Waals surface area contributed by atoms with Crippen molar-refractivity contribution in [3.63, 3.8) is 0 Å². The molecule has 0 aromatic heterocycles. The number of aliphatic hydroxyl groups excluding tert-OH is 1. The van der Waals surface area contributed by atoms with Crippen LogP contribution in [0, 0.1) is 0 Å². The van der Waals surface area contributed by atoms with Crippen molar-refractivity contribution in [2.75, 3.05) is 7.11 Å². The van der Waals surface area contributed by atoms with Gasteiger partial charge >= 0.3 is 12.1 Å². The van der Waals surface area contributed by atoms with Crippen molar-refractivity contribution in [3.05, 3.63) is 0 Å². The first kappa shape index (κ1) is 17.1. The van der Waals surface area contributed by atoms with Crippen molar-refractivity contribution in [3.8, 4) is 0 Å². The van der Waals surface area contributed by atoms with Gasteiger partial charge in [-0.3, -0.25) is 0 Å². The van der Waals surface area contributed by atoms with Crippen molar-refractivity contribution >= 4 is 12.1 Å². The zero-order valence-electron chi connectivity index (χ0n) is 10.6. The standard InChI is InChI=1S/C9H17NO4.CH4O/c1-8(2,3)14-7(13)10-9(4,5)6(11)12;1-2/h1-5H3,(H,10,13)(H,11,12);2H,1H3. The van der Waals surface area contributed by atoms with Crippen LogP contribution in [-0.4, -0.2) is 40.5 Å². The minimum absolute atomic E-state index is 0.626. The molecule has 0 bridgehead atoms. The molecule has 6 nitrogen and oxygen atoms in total. The quantitative estimate of drug-likeness (QED) is 0.663. The molecule has 0 aromatic rings. The molecule has 0 aromatic carbocycles. The third-order valence-electron chi connectivity index (χ3n) is 1.35. The van der Waals surface area contributed by atoms with E-state index in [4.69, 9.17) is 14.9 Å². The molecule has 0 unspecified atom stereocenters. The first-order chi connectivity index (χ1) is 7.04. The monoisotopic (exact) mass is 235 g/mol. The number of carboxylic acids is 1. The van der Waals surface area contributed by atoms with Crippen LogP contribution in [-0.2, 0) is 9.53 Å². The average Bonchev–Trinajstić information content (AvgIpc) is 2.02. The third-order valence-corrected chi connectivity index (χ3v) is 1.35. The van der Waals surface area contributed by atoms with Gasteiger partial charge in [0.05, 0.1) is 0 Å². The second-order valence-corrected chi connectivity index (χ2v) is 4.56. The number of alkyl carbamates (subject to hydrolysis) is 1. The maximum atomic E-state index is 11.2. The number of rotatable bonds is 2. The molecule has 0 rings (SSSR count). The van der Waals surface area contributed by atoms with Gasteiger partial charge in [-0.05, 0) is 34.6 Å². The molecule has 0 saturated carbocycles. The number of carbonyl (C=O) groups is 2. The summed E-state index contributed by atoms with van der Waals surface area (Å²) in [5.74, 6) is -1.11. The number of ether oxygens (including phenoxy) is 1. The van der Waals surface area contributed by atoms with E-state index in [2.05, 4.69) is 5.32 Å². The van der Waals surface area contributed by atoms with Crippen molar-refractivity contribution in [1.82, 2.24) is 5.32 Å². The number of carbonyl (C=O) groups excluding carboxylic acids is 1. The summed E-state index contributed by atoms with van der Waals surface area (Å²) < 4.78 is 4.91. The number of nitrogens with one attached hydrogen (secondary N) is 1. The molecule has 0 aliphatic rings. The van der Waals surface area contributed by atoms with Crippen LogP contribution in [0.4, 0.5) is 4.79 Å². The zero-order valence-corrected chi connectivity index (χ0v) is 10.6. The maximum Gasteiger partial charge on any atom is 0.408 e. The van der Waals surface area contributed by atoms with E-state index >= 15 is 0 Å². The van der Waals surface area contributed by atoms with Crippen molar-refractivity contribution in [2.45, 2.75) is 45.8 Å². The minimum Gasteiger partial charge on any atom is -0.480 e. The maximum absolute atomic E-state index is 11.2. The number of carboxylic acid groups (broad SMARTS) is 1. The Morgan fingerprint density at radius 3 is 1.69 bits per heavy atom. The molecule has 96 valence electrons. The summed E-state index contributed by atoms with van der Waals surface area (Å²) in [6, 6.07) is 0. The van der Waals surface area contributed by atoms with E-state index in [1.807, 2.05) is 0 Å². The number of hydrogen-bond acceptors (Lipinski definition) is 4. The Hall–Kier alpha value is -1.30. The van der Waals surface area contributed by atoms with E-state index < -0.39 is 23.2 Å². The highest BCUT2D eigenvalue weighted by Crippen LogP contribution is 2.09. The van der Waals surface area contributed by atoms with Gasteiger partial charge in [0.15, 0.2) is 0 Å². The van der Waals surface area contributed by atoms with Crippen molar-refractivity contribution < 1.29 is 24.5 Å². The molecule has 0 heterocycles. The summed E-state index contributed by atoms with van der Waals surface area (Å²) in [5, 5.41) is 18.0. The lowest BCUT2D eigenvalue weighted by atomic mass is 10.1. The first-order valence-corrected chi connectivity index (χ1v) is 4.74. The lowest BCUT2D eigenvalue weighted by molar-refractivity contribution is -0.143. The molecule has 0 aliphatic heterocycles. The summed E-state index contributed by atoms with van der Waals surface area (Å²) >= 11 is 0. The lowest BCUT2D eigenvalue weighted by Crippen LogP contribution is -2.51. The number of aliphatic hydroxyl groups is 1. The van der Waals surface area contributed by atoms with Gasteiger partial charge in [0.25, 0.3) is 0 Å². The fourth-order valence-corrected chi connectivity index (χ4v) is 0.612. The highest BCUT2D eigenvalue weighted by molar-refractivity contribution is 5.83. The Morgan fingerprint density at radius 2 is 1.44 bits per heavy atom. The molecule has 0 fully saturated rings. The fourth-order valence-electron chi connectivity index (χ4n) is 0.612. The van der Waals surface area contributed by atoms with Gasteiger partial charge in [0, 0.05) is 7.11 Å². The summed E-state index contributed by atoms with van der Waals surface area (Å²) in [4.78, 5) is 21.8. The van der Waals surface area contributed by atoms with E-state index in [9.17, 15) is 9.59 Å². The second-order valence-electron chi connectivity index (χ2n) is 4.56. The van der Waals surface area contributed by atoms with Gasteiger partial charge in [0.2, 0.25) is 0 Å². The number of hydrogen-bond donors (Lipinski definition) is 3. The van der Waals surface area contributed by atoms with Gasteiger partial charge in [0.1, 0.15) is 11.1 Å². The molecule has 1 amide bonds. The zero-order chi connectivity index (χ0) is 13.6. The molecular formula is C10H21NO5. The topological polar surface area (TPSA) is 95.9 Å². The van der Waals surface area contributed by atoms with Crippen LogP contribution in [0.1, 0.15) is 34.6 Å². The van der Waals surface area contributed by atoms with E-state index in [1.165, 1.54) is 13.8 Å². The lowest BCUT2D eigenvalue weighted by Gasteiger charge is -2.25. The molecule has 0 atom stereocenters. The van der Waals surface area contributed by atoms with Gasteiger partial charge < -0.3 is 20.3 Å². The average molecular weight is 235 g/mol. The van der Waals surface area contributed by atoms with Crippen LogP contribution in [0.5, 0.6) is 0 Å². The van der Waals surface area contributed by atoms with Crippen LogP contribution in [0.3, 0.4) is 0 Å². The highest BCUT2D eigenvalue weighted by Gasteiger charge is 2.30. The van der Waals surface area contributed by atoms with E-state index in [0.29, 0.717) is 0 Å². The van der Waals surface area contributed by atoms with Crippen molar-refractivity contribution in [1.29, 1.82) is 0 Å². The summed E-state index contributed by atoms with van der Waals surface area (Å²) in [6.07, 6.45) is -0.732. The first-order valence-electron chi connectivity index (χ1n) is 4.74. The molecule has 0 saturated heterocycles. The van der Waals surface area contributed by atoms with E-state index in [1.54, 1.807) is 20.8 Å². The summed E-state index contributed by atoms with van der Waals surface area (Å²) in [5.41, 5.74) is -1.94. The van der Waals surface area contributed by atoms with E-state index in [0.717, 1.165) is 7.11 Å².